The molecule has 4 aromatic rings. The molecule has 4 fully saturated rings. The fourth-order valence-corrected chi connectivity index (χ4v) is 12.1. The number of carbonyl (C=O) groups excluding carboxylic acids is 4. The monoisotopic (exact) mass is 979 g/mol. The van der Waals surface area contributed by atoms with Gasteiger partial charge in [-0.15, -0.1) is 0 Å². The van der Waals surface area contributed by atoms with Gasteiger partial charge in [-0.1, -0.05) is 23.7 Å². The van der Waals surface area contributed by atoms with Crippen LogP contribution in [0.1, 0.15) is 117 Å². The molecule has 0 spiro atoms. The topological polar surface area (TPSA) is 186 Å². The number of aryl methyl sites for hydroxylation is 1. The van der Waals surface area contributed by atoms with E-state index in [-0.39, 0.29) is 46.5 Å². The maximum Gasteiger partial charge on any atom is 0.262 e. The van der Waals surface area contributed by atoms with Crippen LogP contribution < -0.4 is 25.6 Å². The van der Waals surface area contributed by atoms with Gasteiger partial charge in [0, 0.05) is 37.3 Å². The molecule has 0 saturated carbocycles. The molecule has 1 aromatic heterocycles. The highest BCUT2D eigenvalue weighted by atomic mass is 35.5. The van der Waals surface area contributed by atoms with Crippen LogP contribution >= 0.6 is 11.6 Å². The summed E-state index contributed by atoms with van der Waals surface area (Å²) in [5.41, 5.74) is 5.08. The van der Waals surface area contributed by atoms with Crippen LogP contribution in [-0.2, 0) is 19.4 Å². The van der Waals surface area contributed by atoms with Gasteiger partial charge in [0.15, 0.2) is 15.7 Å². The molecule has 4 amide bonds. The molecule has 69 heavy (non-hydrogen) atoms. The number of carbonyl (C=O) groups is 4. The lowest BCUT2D eigenvalue weighted by Crippen LogP contribution is -2.54. The smallest absolute Gasteiger partial charge is 0.262 e. The Morgan fingerprint density at radius 1 is 0.768 bits per heavy atom. The van der Waals surface area contributed by atoms with Gasteiger partial charge < -0.3 is 30.1 Å². The summed E-state index contributed by atoms with van der Waals surface area (Å²) in [5.74, 6) is -0.281. The molecular weight excluding hydrogens is 918 g/mol. The van der Waals surface area contributed by atoms with Crippen LogP contribution in [0.4, 0.5) is 28.8 Å². The maximum absolute atomic E-state index is 13.4. The molecule has 0 radical (unpaired) electrons. The SMILES string of the molecule is Cc1cc(Nc2ncc(Cl)c(Nc3ccccc3S(=O)(=O)C(C)C)n2)c(OC(C)C)cc1C1CCN(C2CCN(C3CCN(c4ccc5c(c4)C(=O)N(C4CCC(=O)NC4=O)C5=O)CC3)CC2)CC1. The van der Waals surface area contributed by atoms with E-state index in [1.54, 1.807) is 50.2 Å². The highest BCUT2D eigenvalue weighted by Gasteiger charge is 2.45. The number of anilines is 5. The van der Waals surface area contributed by atoms with Gasteiger partial charge in [0.1, 0.15) is 16.8 Å². The molecular formula is C51H62ClN9O7S. The fourth-order valence-electron chi connectivity index (χ4n) is 10.8. The molecule has 1 atom stereocenters. The Hall–Kier alpha value is -5.62. The second-order valence-electron chi connectivity index (χ2n) is 19.6. The number of fused-ring (bicyclic) bond motifs is 1. The highest BCUT2D eigenvalue weighted by Crippen LogP contribution is 2.40. The number of nitrogens with zero attached hydrogens (tertiary/aromatic N) is 6. The number of hydrogen-bond acceptors (Lipinski definition) is 14. The van der Waals surface area contributed by atoms with Crippen LogP contribution in [0.5, 0.6) is 5.75 Å². The first-order chi connectivity index (χ1) is 33.0. The second kappa shape index (κ2) is 20.0. The molecule has 0 aliphatic carbocycles. The Morgan fingerprint density at radius 3 is 2.09 bits per heavy atom. The maximum atomic E-state index is 13.4. The molecule has 0 bridgehead atoms. The predicted molar refractivity (Wildman–Crippen MR) is 266 cm³/mol. The van der Waals surface area contributed by atoms with Crippen molar-refractivity contribution in [1.29, 1.82) is 0 Å². The summed E-state index contributed by atoms with van der Waals surface area (Å²) in [7, 11) is -3.58. The Balaban J connectivity index is 0.775. The summed E-state index contributed by atoms with van der Waals surface area (Å²) in [4.78, 5) is 68.9. The number of ether oxygens (including phenoxy) is 1. The van der Waals surface area contributed by atoms with Gasteiger partial charge in [-0.05, 0) is 165 Å². The number of sulfone groups is 1. The highest BCUT2D eigenvalue weighted by molar-refractivity contribution is 7.92. The fraction of sp³-hybridized carbons (Fsp3) is 0.490. The van der Waals surface area contributed by atoms with Gasteiger partial charge >= 0.3 is 0 Å². The average Bonchev–Trinajstić information content (AvgIpc) is 3.58. The summed E-state index contributed by atoms with van der Waals surface area (Å²) in [6, 6.07) is 16.5. The number of piperidine rings is 4. The quantitative estimate of drug-likeness (QED) is 0.111. The molecule has 5 aliphatic rings. The summed E-state index contributed by atoms with van der Waals surface area (Å²) in [6.07, 6.45) is 8.11. The van der Waals surface area contributed by atoms with E-state index in [9.17, 15) is 27.6 Å². The minimum absolute atomic E-state index is 0.0736. The lowest BCUT2D eigenvalue weighted by atomic mass is 9.85. The van der Waals surface area contributed by atoms with Gasteiger partial charge in [0.2, 0.25) is 17.8 Å². The molecule has 16 nitrogen and oxygen atoms in total. The normalized spacial score (nSPS) is 20.5. The number of aromatic nitrogens is 2. The number of halogens is 1. The van der Waals surface area contributed by atoms with E-state index in [2.05, 4.69) is 59.7 Å². The lowest BCUT2D eigenvalue weighted by Gasteiger charge is -2.45. The summed E-state index contributed by atoms with van der Waals surface area (Å²) >= 11 is 6.55. The molecule has 1 unspecified atom stereocenters. The van der Waals surface area contributed by atoms with Crippen LogP contribution in [-0.4, -0.2) is 125 Å². The predicted octanol–water partition coefficient (Wildman–Crippen LogP) is 7.61. The minimum atomic E-state index is -3.58. The van der Waals surface area contributed by atoms with Crippen LogP contribution in [0.2, 0.25) is 5.02 Å². The number of rotatable bonds is 13. The third-order valence-electron chi connectivity index (χ3n) is 14.5. The van der Waals surface area contributed by atoms with Crippen LogP contribution in [0, 0.1) is 6.92 Å². The molecule has 3 N–H and O–H groups in total. The standard InChI is InChI=1S/C51H62ClN9O7S/c1-30(2)68-44-28-38(32(5)26-42(44)55-51-53-29-40(52)47(57-51)54-41-8-6-7-9-45(41)69(66,67)31(3)4)33-14-20-58(21-15-33)34-16-22-59(23-17-34)35-18-24-60(25-19-35)36-10-11-37-39(27-36)50(65)61(49(37)64)43-12-13-46(62)56-48(43)63/h6-11,26-31,33-35,43H,12-25H2,1-5H3,(H,56,62,63)(H2,53,54,55,57). The molecule has 6 heterocycles. The first-order valence-electron chi connectivity index (χ1n) is 24.3. The first-order valence-corrected chi connectivity index (χ1v) is 26.3. The van der Waals surface area contributed by atoms with E-state index in [1.807, 2.05) is 19.9 Å². The van der Waals surface area contributed by atoms with Crippen molar-refractivity contribution in [3.63, 3.8) is 0 Å². The van der Waals surface area contributed by atoms with E-state index in [4.69, 9.17) is 16.3 Å². The van der Waals surface area contributed by atoms with E-state index < -0.39 is 38.9 Å². The van der Waals surface area contributed by atoms with Crippen molar-refractivity contribution in [2.24, 2.45) is 0 Å². The number of hydrogen-bond donors (Lipinski definition) is 3. The lowest BCUT2D eigenvalue weighted by molar-refractivity contribution is -0.136. The van der Waals surface area contributed by atoms with Gasteiger partial charge in [-0.3, -0.25) is 29.4 Å². The van der Waals surface area contributed by atoms with Crippen molar-refractivity contribution < 1.29 is 32.3 Å². The molecule has 366 valence electrons. The number of amides is 4. The second-order valence-corrected chi connectivity index (χ2v) is 22.5. The average molecular weight is 981 g/mol. The third-order valence-corrected chi connectivity index (χ3v) is 17.0. The zero-order valence-corrected chi connectivity index (χ0v) is 41.5. The summed E-state index contributed by atoms with van der Waals surface area (Å²) < 4.78 is 32.7. The van der Waals surface area contributed by atoms with Crippen LogP contribution in [0.25, 0.3) is 0 Å². The zero-order valence-electron chi connectivity index (χ0n) is 40.0. The largest absolute Gasteiger partial charge is 0.489 e. The van der Waals surface area contributed by atoms with Crippen LogP contribution in [0.15, 0.2) is 65.7 Å². The van der Waals surface area contributed by atoms with Crippen molar-refractivity contribution in [2.45, 2.75) is 126 Å². The van der Waals surface area contributed by atoms with Crippen molar-refractivity contribution in [2.75, 3.05) is 54.8 Å². The van der Waals surface area contributed by atoms with Gasteiger partial charge in [0.25, 0.3) is 11.8 Å². The van der Waals surface area contributed by atoms with Gasteiger partial charge in [-0.25, -0.2) is 13.4 Å². The third kappa shape index (κ3) is 10.1. The minimum Gasteiger partial charge on any atom is -0.489 e. The van der Waals surface area contributed by atoms with Gasteiger partial charge in [0.05, 0.1) is 44.9 Å². The zero-order chi connectivity index (χ0) is 48.7. The number of imide groups is 2. The Labute approximate surface area is 409 Å². The number of nitrogens with one attached hydrogen (secondary N) is 3. The van der Waals surface area contributed by atoms with E-state index in [0.717, 1.165) is 99.6 Å². The van der Waals surface area contributed by atoms with E-state index in [1.165, 1.54) is 11.8 Å². The van der Waals surface area contributed by atoms with Gasteiger partial charge in [-0.2, -0.15) is 4.98 Å². The number of likely N-dealkylation sites (tertiary alicyclic amines) is 2. The summed E-state index contributed by atoms with van der Waals surface area (Å²) in [5, 5.41) is 8.39. The number of para-hydroxylation sites is 1. The summed E-state index contributed by atoms with van der Waals surface area (Å²) in [6.45, 7) is 15.4. The first kappa shape index (κ1) is 48.4. The van der Waals surface area contributed by atoms with Crippen molar-refractivity contribution >= 4 is 73.9 Å². The molecule has 18 heteroatoms. The molecule has 3 aromatic carbocycles. The molecule has 4 saturated heterocycles. The van der Waals surface area contributed by atoms with Crippen LogP contribution in [0.3, 0.4) is 0 Å². The Bertz CT molecular complexity index is 2750. The van der Waals surface area contributed by atoms with E-state index in [0.29, 0.717) is 40.6 Å². The van der Waals surface area contributed by atoms with Crippen molar-refractivity contribution in [3.8, 4) is 5.75 Å². The molecule has 9 rings (SSSR count). The number of benzene rings is 3. The van der Waals surface area contributed by atoms with Crippen molar-refractivity contribution in [3.05, 3.63) is 88.1 Å². The Morgan fingerprint density at radius 2 is 1.42 bits per heavy atom. The van der Waals surface area contributed by atoms with E-state index >= 15 is 0 Å². The molecule has 5 aliphatic heterocycles. The van der Waals surface area contributed by atoms with Crippen molar-refractivity contribution in [1.82, 2.24) is 30.0 Å². The Kier molecular flexibility index (Phi) is 14.0.